The second-order valence-corrected chi connectivity index (χ2v) is 7.85. The molecule has 0 aliphatic rings. The molecule has 10 nitrogen and oxygen atoms in total. The minimum Gasteiger partial charge on any atom is -0.368 e. The van der Waals surface area contributed by atoms with E-state index in [1.165, 1.54) is 6.07 Å². The summed E-state index contributed by atoms with van der Waals surface area (Å²) < 4.78 is 38.1. The Bertz CT molecular complexity index is 1300. The summed E-state index contributed by atoms with van der Waals surface area (Å²) >= 11 is 0. The highest BCUT2D eigenvalue weighted by atomic mass is 19.4. The summed E-state index contributed by atoms with van der Waals surface area (Å²) in [6.07, 6.45) is 1.28. The van der Waals surface area contributed by atoms with Gasteiger partial charge in [-0.2, -0.15) is 23.1 Å². The van der Waals surface area contributed by atoms with Gasteiger partial charge in [0, 0.05) is 19.3 Å². The monoisotopic (exact) mass is 518 g/mol. The zero-order valence-electron chi connectivity index (χ0n) is 20.1. The average Bonchev–Trinajstić information content (AvgIpc) is 2.83. The number of nitrogens with one attached hydrogen (secondary N) is 2. The van der Waals surface area contributed by atoms with Crippen LogP contribution in [0.15, 0.2) is 30.5 Å². The Morgan fingerprint density at radius 2 is 1.30 bits per heavy atom. The second-order valence-electron chi connectivity index (χ2n) is 7.85. The molecule has 13 heteroatoms. The van der Waals surface area contributed by atoms with Crippen LogP contribution in [-0.4, -0.2) is 43.0 Å². The van der Waals surface area contributed by atoms with Gasteiger partial charge in [-0.15, -0.1) is 0 Å². The minimum absolute atomic E-state index is 0. The predicted molar refractivity (Wildman–Crippen MR) is 142 cm³/mol. The molecule has 0 saturated heterocycles. The van der Waals surface area contributed by atoms with Crippen LogP contribution in [0, 0.1) is 0 Å². The highest BCUT2D eigenvalue weighted by Gasteiger charge is 2.33. The van der Waals surface area contributed by atoms with Crippen LogP contribution in [0.5, 0.6) is 0 Å². The molecule has 4 heterocycles. The summed E-state index contributed by atoms with van der Waals surface area (Å²) in [5.41, 5.74) is 12.1. The van der Waals surface area contributed by atoms with Crippen LogP contribution in [0.1, 0.15) is 52.7 Å². The summed E-state index contributed by atoms with van der Waals surface area (Å²) in [5, 5.41) is 6.18. The van der Waals surface area contributed by atoms with Crippen LogP contribution in [-0.2, 0) is 6.18 Å². The Morgan fingerprint density at radius 3 is 1.84 bits per heavy atom. The maximum Gasteiger partial charge on any atom is 0.433 e. The quantitative estimate of drug-likeness (QED) is 0.226. The van der Waals surface area contributed by atoms with Crippen LogP contribution < -0.4 is 22.1 Å². The first-order valence-corrected chi connectivity index (χ1v) is 11.6. The number of aromatic nitrogens is 6. The highest BCUT2D eigenvalue weighted by molar-refractivity contribution is 5.86. The number of fused-ring (bicyclic) bond motifs is 2. The van der Waals surface area contributed by atoms with Crippen LogP contribution in [0.4, 0.5) is 36.7 Å². The van der Waals surface area contributed by atoms with E-state index in [9.17, 15) is 13.2 Å². The molecule has 0 amide bonds. The Balaban J connectivity index is 0.000000259. The van der Waals surface area contributed by atoms with E-state index in [1.807, 2.05) is 19.1 Å². The average molecular weight is 519 g/mol. The maximum atomic E-state index is 12.7. The Labute approximate surface area is 213 Å². The normalized spacial score (nSPS) is 10.9. The van der Waals surface area contributed by atoms with Crippen molar-refractivity contribution in [1.29, 1.82) is 0 Å². The predicted octanol–water partition coefficient (Wildman–Crippen LogP) is 5.29. The van der Waals surface area contributed by atoms with Gasteiger partial charge >= 0.3 is 6.18 Å². The fourth-order valence-corrected chi connectivity index (χ4v) is 3.19. The first-order valence-electron chi connectivity index (χ1n) is 11.6. The first-order chi connectivity index (χ1) is 17.2. The van der Waals surface area contributed by atoms with Gasteiger partial charge in [-0.3, -0.25) is 4.98 Å². The smallest absolute Gasteiger partial charge is 0.368 e. The van der Waals surface area contributed by atoms with Crippen LogP contribution in [0.2, 0.25) is 0 Å². The standard InChI is InChI=1S/C12H14F3N5.C11H15N5.CH4/c1-2-3-6-17-10-9-7(18-11(16)20-10)4-5-8(19-9)12(13,14)15;1-2-3-6-14-10-9-8(5-4-7-13-9)15-11(12)16-10;/h4-5H,2-3,6H2,1H3,(H3,16,17,18,20);4-5,7H,2-3,6H2,1H3,(H3,12,14,15,16);1H4. The fraction of sp³-hybridized carbons (Fsp3) is 0.417. The minimum atomic E-state index is -4.50. The van der Waals surface area contributed by atoms with Crippen molar-refractivity contribution >= 4 is 45.6 Å². The van der Waals surface area contributed by atoms with E-state index >= 15 is 0 Å². The van der Waals surface area contributed by atoms with E-state index in [-0.39, 0.29) is 36.2 Å². The van der Waals surface area contributed by atoms with E-state index in [0.717, 1.165) is 55.1 Å². The molecular weight excluding hydrogens is 485 g/mol. The first kappa shape index (κ1) is 29.2. The third-order valence-corrected chi connectivity index (χ3v) is 4.97. The Hall–Kier alpha value is -4.03. The molecule has 0 bridgehead atoms. The molecule has 0 unspecified atom stereocenters. The number of rotatable bonds is 8. The van der Waals surface area contributed by atoms with Crippen LogP contribution in [0.25, 0.3) is 22.1 Å². The molecule has 0 saturated carbocycles. The molecule has 6 N–H and O–H groups in total. The van der Waals surface area contributed by atoms with Crippen LogP contribution in [0.3, 0.4) is 0 Å². The van der Waals surface area contributed by atoms with Crippen molar-refractivity contribution in [1.82, 2.24) is 29.9 Å². The molecule has 0 aromatic carbocycles. The molecule has 200 valence electrons. The van der Waals surface area contributed by atoms with Gasteiger partial charge in [-0.25, -0.2) is 15.0 Å². The lowest BCUT2D eigenvalue weighted by Crippen LogP contribution is -2.11. The van der Waals surface area contributed by atoms with Crippen molar-refractivity contribution in [2.45, 2.75) is 53.1 Å². The lowest BCUT2D eigenvalue weighted by molar-refractivity contribution is -0.140. The lowest BCUT2D eigenvalue weighted by Gasteiger charge is -2.10. The number of unbranched alkanes of at least 4 members (excludes halogenated alkanes) is 2. The third kappa shape index (κ3) is 7.98. The second kappa shape index (κ2) is 13.3. The van der Waals surface area contributed by atoms with E-state index < -0.39 is 11.9 Å². The molecule has 0 spiro atoms. The van der Waals surface area contributed by atoms with Crippen LogP contribution >= 0.6 is 0 Å². The maximum absolute atomic E-state index is 12.7. The van der Waals surface area contributed by atoms with E-state index in [0.29, 0.717) is 6.54 Å². The van der Waals surface area contributed by atoms with Gasteiger partial charge in [0.15, 0.2) is 11.6 Å². The van der Waals surface area contributed by atoms with E-state index in [4.69, 9.17) is 11.5 Å². The van der Waals surface area contributed by atoms with E-state index in [2.05, 4.69) is 47.5 Å². The van der Waals surface area contributed by atoms with Gasteiger partial charge in [-0.1, -0.05) is 34.1 Å². The van der Waals surface area contributed by atoms with Gasteiger partial charge in [0.05, 0.1) is 11.0 Å². The summed E-state index contributed by atoms with van der Waals surface area (Å²) in [7, 11) is 0. The number of alkyl halides is 3. The zero-order chi connectivity index (χ0) is 26.1. The summed E-state index contributed by atoms with van der Waals surface area (Å²) in [4.78, 5) is 24.0. The van der Waals surface area contributed by atoms with Gasteiger partial charge in [-0.05, 0) is 37.1 Å². The molecule has 0 radical (unpaired) electrons. The number of nitrogen functional groups attached to an aromatic ring is 2. The lowest BCUT2D eigenvalue weighted by atomic mass is 10.2. The third-order valence-electron chi connectivity index (χ3n) is 4.97. The molecular formula is C24H33F3N10. The number of hydrogen-bond donors (Lipinski definition) is 4. The molecule has 4 aromatic rings. The van der Waals surface area contributed by atoms with Gasteiger partial charge in [0.1, 0.15) is 16.7 Å². The SMILES string of the molecule is C.CCCCNc1nc(N)nc2ccc(C(F)(F)F)nc12.CCCCNc1nc(N)nc2cccnc12. The summed E-state index contributed by atoms with van der Waals surface area (Å²) in [5.74, 6) is 1.22. The number of pyridine rings is 2. The summed E-state index contributed by atoms with van der Waals surface area (Å²) in [6.45, 7) is 5.61. The zero-order valence-corrected chi connectivity index (χ0v) is 20.1. The fourth-order valence-electron chi connectivity index (χ4n) is 3.19. The largest absolute Gasteiger partial charge is 0.433 e. The van der Waals surface area contributed by atoms with Crippen molar-refractivity contribution < 1.29 is 13.2 Å². The van der Waals surface area contributed by atoms with Gasteiger partial charge < -0.3 is 22.1 Å². The van der Waals surface area contributed by atoms with Crippen molar-refractivity contribution in [2.75, 3.05) is 35.2 Å². The summed E-state index contributed by atoms with van der Waals surface area (Å²) in [6, 6.07) is 5.84. The topological polar surface area (TPSA) is 153 Å². The number of anilines is 4. The van der Waals surface area contributed by atoms with Gasteiger partial charge in [0.25, 0.3) is 0 Å². The van der Waals surface area contributed by atoms with Crippen molar-refractivity contribution in [3.8, 4) is 0 Å². The molecule has 0 aliphatic heterocycles. The van der Waals surface area contributed by atoms with Gasteiger partial charge in [0.2, 0.25) is 11.9 Å². The number of hydrogen-bond acceptors (Lipinski definition) is 10. The molecule has 0 atom stereocenters. The van der Waals surface area contributed by atoms with E-state index in [1.54, 1.807) is 6.20 Å². The molecule has 0 aliphatic carbocycles. The van der Waals surface area contributed by atoms with Crippen molar-refractivity contribution in [3.05, 3.63) is 36.2 Å². The molecule has 4 rings (SSSR count). The molecule has 0 fully saturated rings. The Kier molecular flexibility index (Phi) is 10.5. The van der Waals surface area contributed by atoms with Crippen molar-refractivity contribution in [2.24, 2.45) is 0 Å². The molecule has 4 aromatic heterocycles. The Morgan fingerprint density at radius 1 is 0.757 bits per heavy atom. The highest BCUT2D eigenvalue weighted by Crippen LogP contribution is 2.30. The number of nitrogens with two attached hydrogens (primary N) is 2. The molecule has 37 heavy (non-hydrogen) atoms. The number of nitrogens with zero attached hydrogens (tertiary/aromatic N) is 6. The van der Waals surface area contributed by atoms with Crippen molar-refractivity contribution in [3.63, 3.8) is 0 Å². The number of halogens is 3.